The number of rotatable bonds is 6. The van der Waals surface area contributed by atoms with E-state index in [0.717, 1.165) is 18.1 Å². The quantitative estimate of drug-likeness (QED) is 0.799. The molecule has 1 aromatic heterocycles. The van der Waals surface area contributed by atoms with Gasteiger partial charge >= 0.3 is 0 Å². The van der Waals surface area contributed by atoms with E-state index in [1.165, 1.54) is 25.7 Å². The third kappa shape index (κ3) is 2.73. The number of aromatic nitrogens is 1. The van der Waals surface area contributed by atoms with Gasteiger partial charge in [-0.25, -0.2) is 4.98 Å². The van der Waals surface area contributed by atoms with Crippen LogP contribution in [0.25, 0.3) is 0 Å². The maximum absolute atomic E-state index is 9.09. The first kappa shape index (κ1) is 11.4. The van der Waals surface area contributed by atoms with Gasteiger partial charge in [0.15, 0.2) is 0 Å². The van der Waals surface area contributed by atoms with Crippen LogP contribution in [0, 0.1) is 0 Å². The van der Waals surface area contributed by atoms with Crippen LogP contribution in [0.15, 0.2) is 18.2 Å². The highest BCUT2D eigenvalue weighted by atomic mass is 16.3. The Morgan fingerprint density at radius 1 is 1.44 bits per heavy atom. The summed E-state index contributed by atoms with van der Waals surface area (Å²) >= 11 is 0. The van der Waals surface area contributed by atoms with Crippen molar-refractivity contribution in [2.24, 2.45) is 0 Å². The summed E-state index contributed by atoms with van der Waals surface area (Å²) in [6, 6.07) is 6.59. The number of pyridine rings is 1. The second kappa shape index (κ2) is 5.30. The van der Waals surface area contributed by atoms with Crippen molar-refractivity contribution >= 4 is 5.82 Å². The molecule has 3 nitrogen and oxygen atoms in total. The first-order chi connectivity index (χ1) is 7.85. The van der Waals surface area contributed by atoms with Crippen molar-refractivity contribution in [3.63, 3.8) is 0 Å². The summed E-state index contributed by atoms with van der Waals surface area (Å²) in [6.45, 7) is 3.33. The predicted octanol–water partition coefficient (Wildman–Crippen LogP) is 2.34. The van der Waals surface area contributed by atoms with E-state index in [-0.39, 0.29) is 6.61 Å². The molecule has 1 N–H and O–H groups in total. The molecule has 88 valence electrons. The zero-order valence-electron chi connectivity index (χ0n) is 9.89. The van der Waals surface area contributed by atoms with Gasteiger partial charge in [-0.1, -0.05) is 19.4 Å². The molecule has 3 heteroatoms. The first-order valence-corrected chi connectivity index (χ1v) is 6.18. The van der Waals surface area contributed by atoms with Crippen molar-refractivity contribution < 1.29 is 5.11 Å². The maximum atomic E-state index is 9.09. The van der Waals surface area contributed by atoms with E-state index in [4.69, 9.17) is 5.11 Å². The minimum atomic E-state index is 0.0279. The third-order valence-corrected chi connectivity index (χ3v) is 2.99. The van der Waals surface area contributed by atoms with Crippen LogP contribution in [0.2, 0.25) is 0 Å². The number of nitrogens with zero attached hydrogens (tertiary/aromatic N) is 2. The number of hydrogen-bond donors (Lipinski definition) is 1. The van der Waals surface area contributed by atoms with Crippen molar-refractivity contribution in [1.29, 1.82) is 0 Å². The Hall–Kier alpha value is -1.09. The van der Waals surface area contributed by atoms with Gasteiger partial charge in [0.25, 0.3) is 0 Å². The molecule has 0 atom stereocenters. The molecule has 0 radical (unpaired) electrons. The molecule has 16 heavy (non-hydrogen) atoms. The van der Waals surface area contributed by atoms with Crippen LogP contribution in [0.1, 0.15) is 38.3 Å². The molecule has 1 heterocycles. The highest BCUT2D eigenvalue weighted by Crippen LogP contribution is 2.30. The molecule has 1 fully saturated rings. The molecule has 0 bridgehead atoms. The van der Waals surface area contributed by atoms with Crippen molar-refractivity contribution in [3.05, 3.63) is 23.9 Å². The van der Waals surface area contributed by atoms with Gasteiger partial charge in [-0.3, -0.25) is 0 Å². The van der Waals surface area contributed by atoms with Gasteiger partial charge in [0.2, 0.25) is 0 Å². The Morgan fingerprint density at radius 3 is 2.88 bits per heavy atom. The van der Waals surface area contributed by atoms with Crippen molar-refractivity contribution in [2.45, 2.75) is 45.3 Å². The van der Waals surface area contributed by atoms with Crippen LogP contribution in [-0.2, 0) is 6.61 Å². The summed E-state index contributed by atoms with van der Waals surface area (Å²) in [6.07, 6.45) is 4.99. The Labute approximate surface area is 97.1 Å². The van der Waals surface area contributed by atoms with E-state index in [1.807, 2.05) is 18.2 Å². The molecule has 1 aliphatic rings. The fraction of sp³-hybridized carbons (Fsp3) is 0.615. The van der Waals surface area contributed by atoms with E-state index in [0.29, 0.717) is 6.04 Å². The largest absolute Gasteiger partial charge is 0.390 e. The highest BCUT2D eigenvalue weighted by molar-refractivity contribution is 5.42. The van der Waals surface area contributed by atoms with Crippen molar-refractivity contribution in [3.8, 4) is 0 Å². The smallest absolute Gasteiger partial charge is 0.129 e. The molecule has 1 saturated carbocycles. The molecule has 1 aliphatic carbocycles. The number of anilines is 1. The SMILES string of the molecule is CCCCN(c1cccc(CO)n1)C1CC1. The molecule has 0 amide bonds. The second-order valence-electron chi connectivity index (χ2n) is 4.42. The zero-order chi connectivity index (χ0) is 11.4. The average molecular weight is 220 g/mol. The van der Waals surface area contributed by atoms with Gasteiger partial charge in [-0.05, 0) is 31.4 Å². The standard InChI is InChI=1S/C13H20N2O/c1-2-3-9-15(12-7-8-12)13-6-4-5-11(10-16)14-13/h4-6,12,16H,2-3,7-10H2,1H3. The molecule has 0 spiro atoms. The number of aliphatic hydroxyl groups excluding tert-OH is 1. The maximum Gasteiger partial charge on any atom is 0.129 e. The number of unbranched alkanes of at least 4 members (excludes halogenated alkanes) is 1. The summed E-state index contributed by atoms with van der Waals surface area (Å²) in [5, 5.41) is 9.09. The van der Waals surface area contributed by atoms with E-state index in [1.54, 1.807) is 0 Å². The topological polar surface area (TPSA) is 36.4 Å². The Bertz CT molecular complexity index is 336. The van der Waals surface area contributed by atoms with Crippen LogP contribution in [0.5, 0.6) is 0 Å². The Morgan fingerprint density at radius 2 is 2.25 bits per heavy atom. The lowest BCUT2D eigenvalue weighted by molar-refractivity contribution is 0.277. The van der Waals surface area contributed by atoms with Crippen LogP contribution in [0.3, 0.4) is 0 Å². The summed E-state index contributed by atoms with van der Waals surface area (Å²) in [5.41, 5.74) is 0.764. The number of aliphatic hydroxyl groups is 1. The summed E-state index contributed by atoms with van der Waals surface area (Å²) in [4.78, 5) is 6.87. The fourth-order valence-electron chi connectivity index (χ4n) is 1.91. The van der Waals surface area contributed by atoms with Crippen LogP contribution < -0.4 is 4.90 Å². The predicted molar refractivity (Wildman–Crippen MR) is 65.4 cm³/mol. The summed E-state index contributed by atoms with van der Waals surface area (Å²) in [7, 11) is 0. The molecular formula is C13H20N2O. The lowest BCUT2D eigenvalue weighted by Gasteiger charge is -2.23. The molecule has 0 aliphatic heterocycles. The van der Waals surface area contributed by atoms with E-state index >= 15 is 0 Å². The monoisotopic (exact) mass is 220 g/mol. The molecular weight excluding hydrogens is 200 g/mol. The van der Waals surface area contributed by atoms with Crippen LogP contribution in [0.4, 0.5) is 5.82 Å². The van der Waals surface area contributed by atoms with Gasteiger partial charge in [0.1, 0.15) is 5.82 Å². The van der Waals surface area contributed by atoms with E-state index in [9.17, 15) is 0 Å². The minimum Gasteiger partial charge on any atom is -0.390 e. The lowest BCUT2D eigenvalue weighted by Crippen LogP contribution is -2.27. The first-order valence-electron chi connectivity index (χ1n) is 6.18. The van der Waals surface area contributed by atoms with Crippen molar-refractivity contribution in [1.82, 2.24) is 4.98 Å². The molecule has 2 rings (SSSR count). The van der Waals surface area contributed by atoms with E-state index in [2.05, 4.69) is 16.8 Å². The van der Waals surface area contributed by atoms with Gasteiger partial charge in [0.05, 0.1) is 12.3 Å². The second-order valence-corrected chi connectivity index (χ2v) is 4.42. The minimum absolute atomic E-state index is 0.0279. The molecule has 1 aromatic rings. The van der Waals surface area contributed by atoms with Gasteiger partial charge in [-0.15, -0.1) is 0 Å². The fourth-order valence-corrected chi connectivity index (χ4v) is 1.91. The highest BCUT2D eigenvalue weighted by Gasteiger charge is 2.29. The van der Waals surface area contributed by atoms with Gasteiger partial charge in [-0.2, -0.15) is 0 Å². The Kier molecular flexibility index (Phi) is 3.78. The average Bonchev–Trinajstić information content (AvgIpc) is 3.14. The van der Waals surface area contributed by atoms with Crippen LogP contribution >= 0.6 is 0 Å². The lowest BCUT2D eigenvalue weighted by atomic mass is 10.3. The van der Waals surface area contributed by atoms with Gasteiger partial charge in [0, 0.05) is 12.6 Å². The zero-order valence-corrected chi connectivity index (χ0v) is 9.89. The third-order valence-electron chi connectivity index (χ3n) is 2.99. The number of hydrogen-bond acceptors (Lipinski definition) is 3. The van der Waals surface area contributed by atoms with Crippen LogP contribution in [-0.4, -0.2) is 22.7 Å². The summed E-state index contributed by atoms with van der Waals surface area (Å²) < 4.78 is 0. The van der Waals surface area contributed by atoms with Crippen molar-refractivity contribution in [2.75, 3.05) is 11.4 Å². The Balaban J connectivity index is 2.10. The molecule has 0 saturated heterocycles. The van der Waals surface area contributed by atoms with E-state index < -0.39 is 0 Å². The molecule has 0 aromatic carbocycles. The summed E-state index contributed by atoms with van der Waals surface area (Å²) in [5.74, 6) is 1.03. The molecule has 0 unspecified atom stereocenters. The van der Waals surface area contributed by atoms with Gasteiger partial charge < -0.3 is 10.0 Å². The normalized spacial score (nSPS) is 15.1.